The lowest BCUT2D eigenvalue weighted by Gasteiger charge is -2.22. The van der Waals surface area contributed by atoms with Gasteiger partial charge in [-0.15, -0.1) is 0 Å². The highest BCUT2D eigenvalue weighted by Gasteiger charge is 2.30. The molecule has 4 rings (SSSR count). The van der Waals surface area contributed by atoms with Crippen molar-refractivity contribution < 1.29 is 14.1 Å². The molecule has 0 spiro atoms. The largest absolute Gasteiger partial charge is 0.360 e. The van der Waals surface area contributed by atoms with Gasteiger partial charge in [-0.05, 0) is 38.5 Å². The van der Waals surface area contributed by atoms with Gasteiger partial charge in [0.1, 0.15) is 11.5 Å². The summed E-state index contributed by atoms with van der Waals surface area (Å²) in [6.07, 6.45) is 7.28. The minimum Gasteiger partial charge on any atom is -0.360 e. The number of carbonyl (C=O) groups is 2. The lowest BCUT2D eigenvalue weighted by atomic mass is 9.91. The van der Waals surface area contributed by atoms with E-state index < -0.39 is 0 Å². The Balaban J connectivity index is 1.41. The van der Waals surface area contributed by atoms with Gasteiger partial charge in [0.15, 0.2) is 5.69 Å². The van der Waals surface area contributed by atoms with Gasteiger partial charge < -0.3 is 15.2 Å². The van der Waals surface area contributed by atoms with E-state index in [1.165, 1.54) is 19.0 Å². The van der Waals surface area contributed by atoms with Crippen molar-refractivity contribution in [2.24, 2.45) is 5.92 Å². The first kappa shape index (κ1) is 16.7. The van der Waals surface area contributed by atoms with Crippen LogP contribution in [0.3, 0.4) is 0 Å². The summed E-state index contributed by atoms with van der Waals surface area (Å²) in [4.78, 5) is 32.9. The molecule has 2 aromatic rings. The molecule has 1 fully saturated rings. The molecule has 8 nitrogen and oxygen atoms in total. The number of aryl methyl sites for hydroxylation is 2. The molecule has 2 amide bonds. The number of rotatable bonds is 5. The predicted octanol–water partition coefficient (Wildman–Crippen LogP) is 1.20. The first-order valence-corrected chi connectivity index (χ1v) is 8.95. The van der Waals surface area contributed by atoms with Gasteiger partial charge in [-0.3, -0.25) is 14.6 Å². The average molecular weight is 355 g/mol. The van der Waals surface area contributed by atoms with Crippen LogP contribution in [-0.4, -0.2) is 39.5 Å². The molecule has 2 aromatic heterocycles. The maximum Gasteiger partial charge on any atom is 0.273 e. The van der Waals surface area contributed by atoms with E-state index in [1.807, 2.05) is 6.92 Å². The van der Waals surface area contributed by atoms with E-state index in [0.717, 1.165) is 23.4 Å². The van der Waals surface area contributed by atoms with Crippen molar-refractivity contribution in [3.8, 4) is 0 Å². The number of amides is 2. The number of carbonyl (C=O) groups excluding carboxylic acids is 2. The van der Waals surface area contributed by atoms with Crippen LogP contribution in [0.2, 0.25) is 0 Å². The van der Waals surface area contributed by atoms with Crippen LogP contribution in [0.1, 0.15) is 57.3 Å². The first-order chi connectivity index (χ1) is 12.6. The topological polar surface area (TPSA) is 110 Å². The number of fused-ring (bicyclic) bond motifs is 1. The zero-order valence-corrected chi connectivity index (χ0v) is 14.6. The van der Waals surface area contributed by atoms with E-state index in [1.54, 1.807) is 6.20 Å². The van der Waals surface area contributed by atoms with Gasteiger partial charge in [0.2, 0.25) is 0 Å². The van der Waals surface area contributed by atoms with Crippen LogP contribution in [0.25, 0.3) is 0 Å². The lowest BCUT2D eigenvalue weighted by molar-refractivity contribution is 0.0926. The van der Waals surface area contributed by atoms with Crippen LogP contribution in [0.15, 0.2) is 16.9 Å². The molecule has 1 saturated carbocycles. The Morgan fingerprint density at radius 2 is 2.04 bits per heavy atom. The van der Waals surface area contributed by atoms with E-state index >= 15 is 0 Å². The van der Waals surface area contributed by atoms with Crippen molar-refractivity contribution >= 4 is 11.8 Å². The summed E-state index contributed by atoms with van der Waals surface area (Å²) in [6, 6.07) is -0.0903. The third-order valence-corrected chi connectivity index (χ3v) is 4.85. The second-order valence-corrected chi connectivity index (χ2v) is 7.04. The molecule has 2 heterocycles. The van der Waals surface area contributed by atoms with Crippen molar-refractivity contribution in [3.05, 3.63) is 40.8 Å². The maximum atomic E-state index is 12.4. The molecule has 0 saturated heterocycles. The zero-order chi connectivity index (χ0) is 18.1. The van der Waals surface area contributed by atoms with Crippen molar-refractivity contribution in [2.75, 3.05) is 6.54 Å². The molecule has 1 atom stereocenters. The van der Waals surface area contributed by atoms with Gasteiger partial charge in [0, 0.05) is 30.8 Å². The Labute approximate surface area is 150 Å². The predicted molar refractivity (Wildman–Crippen MR) is 91.6 cm³/mol. The Hall–Kier alpha value is -2.77. The normalized spacial score (nSPS) is 18.9. The minimum absolute atomic E-state index is 0.0903. The summed E-state index contributed by atoms with van der Waals surface area (Å²) in [7, 11) is 0. The smallest absolute Gasteiger partial charge is 0.273 e. The highest BCUT2D eigenvalue weighted by molar-refractivity contribution is 5.94. The Bertz CT molecular complexity index is 826. The molecule has 0 aliphatic heterocycles. The van der Waals surface area contributed by atoms with Crippen molar-refractivity contribution in [1.29, 1.82) is 0 Å². The van der Waals surface area contributed by atoms with E-state index in [0.29, 0.717) is 31.0 Å². The number of aromatic nitrogens is 3. The van der Waals surface area contributed by atoms with Gasteiger partial charge in [0.05, 0.1) is 11.9 Å². The van der Waals surface area contributed by atoms with Crippen LogP contribution in [0.5, 0.6) is 0 Å². The summed E-state index contributed by atoms with van der Waals surface area (Å²) >= 11 is 0. The summed E-state index contributed by atoms with van der Waals surface area (Å²) < 4.78 is 5.34. The number of nitrogens with zero attached hydrogens (tertiary/aromatic N) is 3. The van der Waals surface area contributed by atoms with Crippen molar-refractivity contribution in [1.82, 2.24) is 25.8 Å². The number of nitrogens with one attached hydrogen (secondary N) is 2. The standard InChI is InChI=1S/C18H21N5O3/c1-10-7-20-14(9-19-10)17(24)22-12-4-5-15-13(6-12)16(23-26-15)18(25)21-8-11-2-3-11/h7,9,11-12H,2-6,8H2,1H3,(H,21,25)(H,22,24). The highest BCUT2D eigenvalue weighted by atomic mass is 16.5. The maximum absolute atomic E-state index is 12.4. The Kier molecular flexibility index (Phi) is 4.40. The minimum atomic E-state index is -0.262. The molecular formula is C18H21N5O3. The lowest BCUT2D eigenvalue weighted by Crippen LogP contribution is -2.39. The fourth-order valence-corrected chi connectivity index (χ4v) is 3.12. The SMILES string of the molecule is Cc1cnc(C(=O)NC2CCc3onc(C(=O)NCC4CC4)c3C2)cn1. The second-order valence-electron chi connectivity index (χ2n) is 7.04. The van der Waals surface area contributed by atoms with Gasteiger partial charge in [-0.1, -0.05) is 5.16 Å². The monoisotopic (exact) mass is 355 g/mol. The van der Waals surface area contributed by atoms with Crippen LogP contribution in [0.4, 0.5) is 0 Å². The van der Waals surface area contributed by atoms with Crippen LogP contribution in [-0.2, 0) is 12.8 Å². The first-order valence-electron chi connectivity index (χ1n) is 8.95. The quantitative estimate of drug-likeness (QED) is 0.834. The third kappa shape index (κ3) is 3.58. The molecule has 2 aliphatic carbocycles. The molecule has 1 unspecified atom stereocenters. The zero-order valence-electron chi connectivity index (χ0n) is 14.6. The van der Waals surface area contributed by atoms with E-state index in [4.69, 9.17) is 4.52 Å². The Morgan fingerprint density at radius 3 is 2.77 bits per heavy atom. The molecule has 0 aromatic carbocycles. The number of hydrogen-bond acceptors (Lipinski definition) is 6. The average Bonchev–Trinajstić information content (AvgIpc) is 3.38. The van der Waals surface area contributed by atoms with Crippen molar-refractivity contribution in [3.63, 3.8) is 0 Å². The van der Waals surface area contributed by atoms with Gasteiger partial charge in [0.25, 0.3) is 11.8 Å². The highest BCUT2D eigenvalue weighted by Crippen LogP contribution is 2.28. The van der Waals surface area contributed by atoms with Gasteiger partial charge in [-0.2, -0.15) is 0 Å². The molecule has 26 heavy (non-hydrogen) atoms. The van der Waals surface area contributed by atoms with Crippen LogP contribution in [0, 0.1) is 12.8 Å². The molecule has 2 aliphatic rings. The molecule has 8 heteroatoms. The molecule has 0 bridgehead atoms. The molecule has 136 valence electrons. The van der Waals surface area contributed by atoms with Gasteiger partial charge in [-0.25, -0.2) is 4.98 Å². The van der Waals surface area contributed by atoms with E-state index in [2.05, 4.69) is 25.8 Å². The third-order valence-electron chi connectivity index (χ3n) is 4.85. The fourth-order valence-electron chi connectivity index (χ4n) is 3.12. The summed E-state index contributed by atoms with van der Waals surface area (Å²) in [5.41, 5.74) is 2.18. The molecular weight excluding hydrogens is 334 g/mol. The van der Waals surface area contributed by atoms with Crippen LogP contribution < -0.4 is 10.6 Å². The second kappa shape index (κ2) is 6.86. The van der Waals surface area contributed by atoms with Crippen LogP contribution >= 0.6 is 0 Å². The summed E-state index contributed by atoms with van der Waals surface area (Å²) in [5.74, 6) is 0.881. The molecule has 2 N–H and O–H groups in total. The summed E-state index contributed by atoms with van der Waals surface area (Å²) in [5, 5.41) is 9.84. The summed E-state index contributed by atoms with van der Waals surface area (Å²) in [6.45, 7) is 2.51. The fraction of sp³-hybridized carbons (Fsp3) is 0.500. The van der Waals surface area contributed by atoms with Gasteiger partial charge >= 0.3 is 0 Å². The van der Waals surface area contributed by atoms with E-state index in [9.17, 15) is 9.59 Å². The van der Waals surface area contributed by atoms with E-state index in [-0.39, 0.29) is 23.6 Å². The van der Waals surface area contributed by atoms with Crippen molar-refractivity contribution in [2.45, 2.75) is 45.1 Å². The molecule has 0 radical (unpaired) electrons. The Morgan fingerprint density at radius 1 is 1.19 bits per heavy atom. The number of hydrogen-bond donors (Lipinski definition) is 2.